The minimum absolute atomic E-state index is 0.188. The molecule has 162 valence electrons. The van der Waals surface area contributed by atoms with Crippen LogP contribution in [0, 0.1) is 27.7 Å². The second-order valence-corrected chi connectivity index (χ2v) is 7.96. The molecule has 0 saturated heterocycles. The smallest absolute Gasteiger partial charge is 0.261 e. The summed E-state index contributed by atoms with van der Waals surface area (Å²) in [6, 6.07) is 15.2. The van der Waals surface area contributed by atoms with Gasteiger partial charge in [-0.3, -0.25) is 9.78 Å². The monoisotopic (exact) mass is 427 g/mol. The number of aliphatic hydroxyl groups is 1. The molecule has 4 rings (SSSR count). The van der Waals surface area contributed by atoms with Crippen molar-refractivity contribution in [1.82, 2.24) is 4.98 Å². The fraction of sp³-hybridized carbons (Fsp3) is 0.192. The van der Waals surface area contributed by atoms with Crippen LogP contribution in [0.3, 0.4) is 0 Å². The molecule has 0 radical (unpaired) electrons. The van der Waals surface area contributed by atoms with Gasteiger partial charge in [0.1, 0.15) is 5.56 Å². The molecule has 0 aliphatic rings. The van der Waals surface area contributed by atoms with Crippen LogP contribution in [-0.2, 0) is 6.61 Å². The quantitative estimate of drug-likeness (QED) is 0.478. The van der Waals surface area contributed by atoms with Gasteiger partial charge in [-0.25, -0.2) is 4.99 Å². The highest BCUT2D eigenvalue weighted by atomic mass is 16.3. The Hall–Kier alpha value is -3.77. The number of hydrogen-bond donors (Lipinski definition) is 2. The number of benzene rings is 2. The largest absolute Gasteiger partial charge is 0.436 e. The maximum absolute atomic E-state index is 13.3. The SMILES string of the molecule is Cc1cc(C)cc(N=c2oc3c(C)ncc(CO)c3cc2C(=O)Nc2ccccc2C)c1. The number of aryl methyl sites for hydroxylation is 4. The summed E-state index contributed by atoms with van der Waals surface area (Å²) in [5, 5.41) is 13.4. The van der Waals surface area contributed by atoms with Gasteiger partial charge in [0.05, 0.1) is 18.0 Å². The second kappa shape index (κ2) is 8.77. The van der Waals surface area contributed by atoms with E-state index in [2.05, 4.69) is 21.4 Å². The molecule has 0 spiro atoms. The highest BCUT2D eigenvalue weighted by Crippen LogP contribution is 2.23. The van der Waals surface area contributed by atoms with Crippen LogP contribution < -0.4 is 10.9 Å². The van der Waals surface area contributed by atoms with Crippen LogP contribution in [0.15, 0.2) is 64.1 Å². The minimum Gasteiger partial charge on any atom is -0.436 e. The normalized spacial score (nSPS) is 11.7. The van der Waals surface area contributed by atoms with E-state index in [0.29, 0.717) is 33.6 Å². The Kier molecular flexibility index (Phi) is 5.88. The third-order valence-corrected chi connectivity index (χ3v) is 5.30. The zero-order chi connectivity index (χ0) is 22.8. The van der Waals surface area contributed by atoms with Crippen LogP contribution in [0.4, 0.5) is 11.4 Å². The van der Waals surface area contributed by atoms with E-state index in [-0.39, 0.29) is 23.6 Å². The molecule has 2 N–H and O–H groups in total. The number of carbonyl (C=O) groups excluding carboxylic acids is 1. The van der Waals surface area contributed by atoms with Crippen molar-refractivity contribution in [2.45, 2.75) is 34.3 Å². The number of nitrogens with one attached hydrogen (secondary N) is 1. The molecule has 32 heavy (non-hydrogen) atoms. The van der Waals surface area contributed by atoms with E-state index >= 15 is 0 Å². The lowest BCUT2D eigenvalue weighted by molar-refractivity contribution is 0.102. The Morgan fingerprint density at radius 2 is 1.78 bits per heavy atom. The van der Waals surface area contributed by atoms with Gasteiger partial charge < -0.3 is 14.8 Å². The van der Waals surface area contributed by atoms with E-state index in [1.807, 2.05) is 64.1 Å². The van der Waals surface area contributed by atoms with Gasteiger partial charge in [-0.05, 0) is 68.7 Å². The maximum Gasteiger partial charge on any atom is 0.261 e. The average Bonchev–Trinajstić information content (AvgIpc) is 2.75. The fourth-order valence-corrected chi connectivity index (χ4v) is 3.70. The van der Waals surface area contributed by atoms with E-state index in [9.17, 15) is 9.90 Å². The van der Waals surface area contributed by atoms with E-state index in [1.54, 1.807) is 12.3 Å². The van der Waals surface area contributed by atoms with Crippen molar-refractivity contribution in [1.29, 1.82) is 0 Å². The Bertz CT molecular complexity index is 1380. The summed E-state index contributed by atoms with van der Waals surface area (Å²) in [7, 11) is 0. The van der Waals surface area contributed by atoms with E-state index < -0.39 is 0 Å². The molecule has 0 fully saturated rings. The molecule has 2 aromatic heterocycles. The molecule has 0 unspecified atom stereocenters. The molecule has 0 bridgehead atoms. The van der Waals surface area contributed by atoms with Gasteiger partial charge in [0.2, 0.25) is 5.55 Å². The first-order valence-corrected chi connectivity index (χ1v) is 10.4. The number of pyridine rings is 1. The molecule has 2 aromatic carbocycles. The zero-order valence-corrected chi connectivity index (χ0v) is 18.6. The Morgan fingerprint density at radius 1 is 1.06 bits per heavy atom. The molecule has 0 aliphatic carbocycles. The molecule has 0 aliphatic heterocycles. The third kappa shape index (κ3) is 4.31. The summed E-state index contributed by atoms with van der Waals surface area (Å²) in [6.45, 7) is 7.53. The average molecular weight is 428 g/mol. The lowest BCUT2D eigenvalue weighted by Crippen LogP contribution is -2.22. The Balaban J connectivity index is 1.96. The lowest BCUT2D eigenvalue weighted by atomic mass is 10.1. The van der Waals surface area contributed by atoms with Gasteiger partial charge >= 0.3 is 0 Å². The Morgan fingerprint density at radius 3 is 2.47 bits per heavy atom. The molecule has 6 heteroatoms. The highest BCUT2D eigenvalue weighted by Gasteiger charge is 2.17. The molecule has 6 nitrogen and oxygen atoms in total. The summed E-state index contributed by atoms with van der Waals surface area (Å²) in [5.74, 6) is -0.341. The first-order chi connectivity index (χ1) is 15.4. The van der Waals surface area contributed by atoms with Gasteiger partial charge in [0, 0.05) is 22.8 Å². The van der Waals surface area contributed by atoms with Crippen molar-refractivity contribution in [2.24, 2.45) is 4.99 Å². The summed E-state index contributed by atoms with van der Waals surface area (Å²) >= 11 is 0. The topological polar surface area (TPSA) is 87.7 Å². The zero-order valence-electron chi connectivity index (χ0n) is 18.6. The molecular weight excluding hydrogens is 402 g/mol. The van der Waals surface area contributed by atoms with Crippen LogP contribution in [0.5, 0.6) is 0 Å². The van der Waals surface area contributed by atoms with Crippen molar-refractivity contribution in [3.8, 4) is 0 Å². The van der Waals surface area contributed by atoms with Crippen LogP contribution in [0.25, 0.3) is 11.0 Å². The predicted molar refractivity (Wildman–Crippen MR) is 125 cm³/mol. The molecular formula is C26H25N3O3. The molecule has 4 aromatic rings. The number of amides is 1. The molecule has 1 amide bonds. The number of aromatic nitrogens is 1. The van der Waals surface area contributed by atoms with Crippen molar-refractivity contribution >= 4 is 28.3 Å². The third-order valence-electron chi connectivity index (χ3n) is 5.30. The van der Waals surface area contributed by atoms with Crippen LogP contribution >= 0.6 is 0 Å². The van der Waals surface area contributed by atoms with E-state index in [0.717, 1.165) is 16.7 Å². The summed E-state index contributed by atoms with van der Waals surface area (Å²) < 4.78 is 6.14. The van der Waals surface area contributed by atoms with Gasteiger partial charge in [0.25, 0.3) is 5.91 Å². The number of nitrogens with zero attached hydrogens (tertiary/aromatic N) is 2. The number of rotatable bonds is 4. The number of aliphatic hydroxyl groups excluding tert-OH is 1. The second-order valence-electron chi connectivity index (χ2n) is 7.96. The number of hydrogen-bond acceptors (Lipinski definition) is 5. The number of fused-ring (bicyclic) bond motifs is 1. The summed E-state index contributed by atoms with van der Waals surface area (Å²) in [5.41, 5.74) is 6.68. The first-order valence-electron chi connectivity index (χ1n) is 10.4. The summed E-state index contributed by atoms with van der Waals surface area (Å²) in [4.78, 5) is 22.3. The van der Waals surface area contributed by atoms with Crippen LogP contribution in [0.1, 0.15) is 38.3 Å². The van der Waals surface area contributed by atoms with Crippen LogP contribution in [-0.4, -0.2) is 16.0 Å². The van der Waals surface area contributed by atoms with Gasteiger partial charge in [-0.15, -0.1) is 0 Å². The molecule has 2 heterocycles. The van der Waals surface area contributed by atoms with Crippen molar-refractivity contribution in [2.75, 3.05) is 5.32 Å². The minimum atomic E-state index is -0.341. The highest BCUT2D eigenvalue weighted by molar-refractivity contribution is 6.06. The standard InChI is InChI=1S/C26H25N3O3/c1-15-9-16(2)11-20(10-15)28-26-22(25(31)29-23-8-6-5-7-17(23)3)12-21-19(14-30)13-27-18(4)24(21)32-26/h5-13,30H,14H2,1-4H3,(H,29,31). The van der Waals surface area contributed by atoms with E-state index in [1.165, 1.54) is 0 Å². The van der Waals surface area contributed by atoms with Gasteiger partial charge in [-0.2, -0.15) is 0 Å². The van der Waals surface area contributed by atoms with Crippen molar-refractivity contribution in [3.63, 3.8) is 0 Å². The first kappa shape index (κ1) is 21.5. The number of carbonyl (C=O) groups is 1. The summed E-state index contributed by atoms with van der Waals surface area (Å²) in [6.07, 6.45) is 1.59. The van der Waals surface area contributed by atoms with Crippen molar-refractivity contribution in [3.05, 3.63) is 93.8 Å². The lowest BCUT2D eigenvalue weighted by Gasteiger charge is -2.11. The van der Waals surface area contributed by atoms with E-state index in [4.69, 9.17) is 4.42 Å². The number of anilines is 1. The molecule has 0 atom stereocenters. The van der Waals surface area contributed by atoms with Gasteiger partial charge in [0.15, 0.2) is 5.58 Å². The Labute approximate surface area is 186 Å². The van der Waals surface area contributed by atoms with Crippen LogP contribution in [0.2, 0.25) is 0 Å². The van der Waals surface area contributed by atoms with Gasteiger partial charge in [-0.1, -0.05) is 24.3 Å². The predicted octanol–water partition coefficient (Wildman–Crippen LogP) is 5.04. The van der Waals surface area contributed by atoms with Crippen molar-refractivity contribution < 1.29 is 14.3 Å². The maximum atomic E-state index is 13.3. The molecule has 0 saturated carbocycles. The number of para-hydroxylation sites is 1. The fourth-order valence-electron chi connectivity index (χ4n) is 3.70.